The number of benzene rings is 1. The molecule has 122 valence electrons. The lowest BCUT2D eigenvalue weighted by Gasteiger charge is -2.07. The number of amides is 1. The summed E-state index contributed by atoms with van der Waals surface area (Å²) in [6.45, 7) is 0.821. The van der Waals surface area contributed by atoms with Gasteiger partial charge >= 0.3 is 0 Å². The number of hydrogen-bond donors (Lipinski definition) is 2. The Hall–Kier alpha value is -2.86. The molecule has 3 rings (SSSR count). The minimum atomic E-state index is -0.260. The SMILES string of the molecule is O=C(NCc1ccco1)c1cnc(NCc2ccccc2Cl)nc1. The van der Waals surface area contributed by atoms with Crippen LogP contribution in [0.5, 0.6) is 0 Å². The fourth-order valence-corrected chi connectivity index (χ4v) is 2.24. The van der Waals surface area contributed by atoms with E-state index in [-0.39, 0.29) is 5.91 Å². The molecule has 6 nitrogen and oxygen atoms in total. The van der Waals surface area contributed by atoms with Crippen molar-refractivity contribution in [3.63, 3.8) is 0 Å². The summed E-state index contributed by atoms with van der Waals surface area (Å²) in [6, 6.07) is 11.1. The van der Waals surface area contributed by atoms with Gasteiger partial charge in [-0.25, -0.2) is 9.97 Å². The third kappa shape index (κ3) is 4.11. The van der Waals surface area contributed by atoms with E-state index in [1.165, 1.54) is 12.4 Å². The van der Waals surface area contributed by atoms with Crippen molar-refractivity contribution < 1.29 is 9.21 Å². The molecule has 0 fully saturated rings. The molecule has 3 aromatic rings. The fraction of sp³-hybridized carbons (Fsp3) is 0.118. The van der Waals surface area contributed by atoms with Crippen LogP contribution in [-0.2, 0) is 13.1 Å². The minimum Gasteiger partial charge on any atom is -0.467 e. The standard InChI is InChI=1S/C17H15ClN4O2/c18-15-6-2-1-4-12(15)8-20-17-21-9-13(10-22-17)16(23)19-11-14-5-3-7-24-14/h1-7,9-10H,8,11H2,(H,19,23)(H,20,21,22). The molecule has 0 unspecified atom stereocenters. The molecule has 0 saturated carbocycles. The Morgan fingerprint density at radius 2 is 1.88 bits per heavy atom. The van der Waals surface area contributed by atoms with Crippen molar-refractivity contribution in [1.29, 1.82) is 0 Å². The number of hydrogen-bond acceptors (Lipinski definition) is 5. The van der Waals surface area contributed by atoms with Crippen LogP contribution in [0.15, 0.2) is 59.5 Å². The van der Waals surface area contributed by atoms with Gasteiger partial charge in [-0.3, -0.25) is 4.79 Å². The van der Waals surface area contributed by atoms with Crippen LogP contribution in [0.2, 0.25) is 5.02 Å². The number of rotatable bonds is 6. The second-order valence-corrected chi connectivity index (χ2v) is 5.41. The summed E-state index contributed by atoms with van der Waals surface area (Å²) in [5, 5.41) is 6.48. The van der Waals surface area contributed by atoms with Gasteiger partial charge in [-0.05, 0) is 23.8 Å². The predicted molar refractivity (Wildman–Crippen MR) is 90.7 cm³/mol. The second kappa shape index (κ2) is 7.61. The lowest BCUT2D eigenvalue weighted by molar-refractivity contribution is 0.0947. The van der Waals surface area contributed by atoms with Gasteiger partial charge in [0.2, 0.25) is 5.95 Å². The van der Waals surface area contributed by atoms with Gasteiger partial charge in [-0.1, -0.05) is 29.8 Å². The molecule has 7 heteroatoms. The van der Waals surface area contributed by atoms with Crippen LogP contribution in [0.3, 0.4) is 0 Å². The van der Waals surface area contributed by atoms with Crippen LogP contribution in [-0.4, -0.2) is 15.9 Å². The Morgan fingerprint density at radius 1 is 1.08 bits per heavy atom. The van der Waals surface area contributed by atoms with Gasteiger partial charge < -0.3 is 15.1 Å². The molecule has 0 aliphatic heterocycles. The van der Waals surface area contributed by atoms with Gasteiger partial charge in [0.1, 0.15) is 5.76 Å². The number of furan rings is 1. The molecular weight excluding hydrogens is 328 g/mol. The number of carbonyl (C=O) groups excluding carboxylic acids is 1. The average molecular weight is 343 g/mol. The Kier molecular flexibility index (Phi) is 5.08. The zero-order chi connectivity index (χ0) is 16.8. The van der Waals surface area contributed by atoms with E-state index in [0.717, 1.165) is 5.56 Å². The summed E-state index contributed by atoms with van der Waals surface area (Å²) < 4.78 is 5.16. The van der Waals surface area contributed by atoms with Gasteiger partial charge in [-0.2, -0.15) is 0 Å². The van der Waals surface area contributed by atoms with E-state index in [0.29, 0.717) is 35.4 Å². The highest BCUT2D eigenvalue weighted by Gasteiger charge is 2.08. The molecule has 2 N–H and O–H groups in total. The largest absolute Gasteiger partial charge is 0.467 e. The quantitative estimate of drug-likeness (QED) is 0.718. The molecule has 0 radical (unpaired) electrons. The number of anilines is 1. The molecular formula is C17H15ClN4O2. The zero-order valence-electron chi connectivity index (χ0n) is 12.7. The number of aromatic nitrogens is 2. The van der Waals surface area contributed by atoms with Crippen molar-refractivity contribution in [2.45, 2.75) is 13.1 Å². The summed E-state index contributed by atoms with van der Waals surface area (Å²) >= 11 is 6.09. The normalized spacial score (nSPS) is 10.4. The molecule has 0 aliphatic rings. The van der Waals surface area contributed by atoms with Gasteiger partial charge in [0, 0.05) is 24.0 Å². The summed E-state index contributed by atoms with van der Waals surface area (Å²) in [4.78, 5) is 20.3. The van der Waals surface area contributed by atoms with E-state index >= 15 is 0 Å². The van der Waals surface area contributed by atoms with E-state index in [2.05, 4.69) is 20.6 Å². The van der Waals surface area contributed by atoms with Crippen molar-refractivity contribution in [1.82, 2.24) is 15.3 Å². The van der Waals surface area contributed by atoms with Crippen molar-refractivity contribution in [3.05, 3.63) is 77.0 Å². The van der Waals surface area contributed by atoms with Gasteiger partial charge in [-0.15, -0.1) is 0 Å². The number of halogens is 1. The van der Waals surface area contributed by atoms with E-state index in [4.69, 9.17) is 16.0 Å². The second-order valence-electron chi connectivity index (χ2n) is 5.00. The van der Waals surface area contributed by atoms with Crippen LogP contribution in [0.25, 0.3) is 0 Å². The van der Waals surface area contributed by atoms with Crippen molar-refractivity contribution in [2.24, 2.45) is 0 Å². The molecule has 24 heavy (non-hydrogen) atoms. The summed E-state index contributed by atoms with van der Waals surface area (Å²) in [7, 11) is 0. The first kappa shape index (κ1) is 16.0. The first-order valence-corrected chi connectivity index (χ1v) is 7.70. The lowest BCUT2D eigenvalue weighted by Crippen LogP contribution is -2.23. The zero-order valence-corrected chi connectivity index (χ0v) is 13.5. The van der Waals surface area contributed by atoms with Crippen molar-refractivity contribution >= 4 is 23.5 Å². The smallest absolute Gasteiger partial charge is 0.254 e. The maximum absolute atomic E-state index is 12.0. The first-order valence-electron chi connectivity index (χ1n) is 7.32. The van der Waals surface area contributed by atoms with Crippen LogP contribution in [0, 0.1) is 0 Å². The fourth-order valence-electron chi connectivity index (χ4n) is 2.04. The van der Waals surface area contributed by atoms with Crippen LogP contribution < -0.4 is 10.6 Å². The predicted octanol–water partition coefficient (Wildman–Crippen LogP) is 3.27. The summed E-state index contributed by atoms with van der Waals surface area (Å²) in [6.07, 6.45) is 4.50. The number of nitrogens with one attached hydrogen (secondary N) is 2. The molecule has 2 heterocycles. The van der Waals surface area contributed by atoms with Crippen molar-refractivity contribution in [2.75, 3.05) is 5.32 Å². The third-order valence-electron chi connectivity index (χ3n) is 3.31. The number of nitrogens with zero attached hydrogens (tertiary/aromatic N) is 2. The highest BCUT2D eigenvalue weighted by Crippen LogP contribution is 2.15. The molecule has 1 amide bonds. The van der Waals surface area contributed by atoms with E-state index < -0.39 is 0 Å². The Morgan fingerprint density at radius 3 is 2.58 bits per heavy atom. The maximum atomic E-state index is 12.0. The van der Waals surface area contributed by atoms with E-state index in [9.17, 15) is 4.79 Å². The van der Waals surface area contributed by atoms with E-state index in [1.54, 1.807) is 18.4 Å². The average Bonchev–Trinajstić information content (AvgIpc) is 3.13. The summed E-state index contributed by atoms with van der Waals surface area (Å²) in [5.41, 5.74) is 1.33. The Bertz CT molecular complexity index is 804. The van der Waals surface area contributed by atoms with Gasteiger partial charge in [0.15, 0.2) is 0 Å². The highest BCUT2D eigenvalue weighted by molar-refractivity contribution is 6.31. The molecule has 1 aromatic carbocycles. The van der Waals surface area contributed by atoms with Crippen LogP contribution >= 0.6 is 11.6 Å². The first-order chi connectivity index (χ1) is 11.7. The summed E-state index contributed by atoms with van der Waals surface area (Å²) in [5.74, 6) is 0.851. The molecule has 0 saturated heterocycles. The van der Waals surface area contributed by atoms with Gasteiger partial charge in [0.25, 0.3) is 5.91 Å². The van der Waals surface area contributed by atoms with Crippen LogP contribution in [0.1, 0.15) is 21.7 Å². The molecule has 2 aromatic heterocycles. The minimum absolute atomic E-state index is 0.260. The monoisotopic (exact) mass is 342 g/mol. The van der Waals surface area contributed by atoms with Crippen LogP contribution in [0.4, 0.5) is 5.95 Å². The topological polar surface area (TPSA) is 80.0 Å². The molecule has 0 atom stereocenters. The van der Waals surface area contributed by atoms with E-state index in [1.807, 2.05) is 24.3 Å². The highest BCUT2D eigenvalue weighted by atomic mass is 35.5. The molecule has 0 spiro atoms. The molecule has 0 bridgehead atoms. The third-order valence-corrected chi connectivity index (χ3v) is 3.68. The van der Waals surface area contributed by atoms with Gasteiger partial charge in [0.05, 0.1) is 18.4 Å². The van der Waals surface area contributed by atoms with Crippen molar-refractivity contribution in [3.8, 4) is 0 Å². The molecule has 0 aliphatic carbocycles. The Balaban J connectivity index is 1.55. The Labute approximate surface area is 143 Å². The lowest BCUT2D eigenvalue weighted by atomic mass is 10.2. The maximum Gasteiger partial charge on any atom is 0.254 e. The number of carbonyl (C=O) groups is 1.